The summed E-state index contributed by atoms with van der Waals surface area (Å²) >= 11 is 0. The number of rotatable bonds is 6. The van der Waals surface area contributed by atoms with Crippen LogP contribution < -0.4 is 9.04 Å². The van der Waals surface area contributed by atoms with Gasteiger partial charge in [0.15, 0.2) is 9.84 Å². The van der Waals surface area contributed by atoms with Gasteiger partial charge in [-0.25, -0.2) is 13.2 Å². The summed E-state index contributed by atoms with van der Waals surface area (Å²) in [6.07, 6.45) is -0.431. The lowest BCUT2D eigenvalue weighted by molar-refractivity contribution is -0.131. The monoisotopic (exact) mass is 522 g/mol. The van der Waals surface area contributed by atoms with Gasteiger partial charge >= 0.3 is 15.3 Å². The van der Waals surface area contributed by atoms with Crippen molar-refractivity contribution in [3.05, 3.63) is 60.2 Å². The Bertz CT molecular complexity index is 1280. The summed E-state index contributed by atoms with van der Waals surface area (Å²) in [6, 6.07) is 15.2. The van der Waals surface area contributed by atoms with E-state index in [0.717, 1.165) is 4.31 Å². The molecule has 1 unspecified atom stereocenters. The van der Waals surface area contributed by atoms with E-state index in [2.05, 4.69) is 0 Å². The lowest BCUT2D eigenvalue weighted by atomic mass is 10.1. The minimum Gasteiger partial charge on any atom is -0.486 e. The first kappa shape index (κ1) is 25.0. The second kappa shape index (κ2) is 10.2. The Balaban J connectivity index is 1.43. The van der Waals surface area contributed by atoms with Crippen molar-refractivity contribution in [1.29, 1.82) is 0 Å². The van der Waals surface area contributed by atoms with Gasteiger partial charge < -0.3 is 14.4 Å². The number of amides is 1. The lowest BCUT2D eigenvalue weighted by Gasteiger charge is -2.35. The molecule has 1 saturated heterocycles. The molecule has 10 nitrogen and oxygen atoms in total. The highest BCUT2D eigenvalue weighted by atomic mass is 32.2. The fourth-order valence-corrected chi connectivity index (χ4v) is 6.29. The molecule has 0 bridgehead atoms. The average Bonchev–Trinajstić information content (AvgIpc) is 2.85. The van der Waals surface area contributed by atoms with Crippen molar-refractivity contribution in [2.24, 2.45) is 0 Å². The molecule has 1 atom stereocenters. The van der Waals surface area contributed by atoms with E-state index in [1.807, 2.05) is 0 Å². The molecule has 1 fully saturated rings. The van der Waals surface area contributed by atoms with Crippen molar-refractivity contribution in [2.45, 2.75) is 25.6 Å². The molecule has 0 spiro atoms. The molecular formula is C23H26N2O8S2. The summed E-state index contributed by atoms with van der Waals surface area (Å²) in [5.74, 6) is -0.0782. The molecule has 0 saturated carbocycles. The number of sulfonamides is 1. The topological polar surface area (TPSA) is 127 Å². The number of anilines is 1. The van der Waals surface area contributed by atoms with Crippen molar-refractivity contribution < 1.29 is 35.9 Å². The van der Waals surface area contributed by atoms with Crippen molar-refractivity contribution in [2.75, 3.05) is 35.4 Å². The number of ether oxygens (including phenoxy) is 2. The maximum atomic E-state index is 13.1. The van der Waals surface area contributed by atoms with Gasteiger partial charge in [0.1, 0.15) is 18.5 Å². The molecule has 2 aliphatic heterocycles. The van der Waals surface area contributed by atoms with Crippen LogP contribution in [0.5, 0.6) is 5.75 Å². The Morgan fingerprint density at radius 2 is 1.66 bits per heavy atom. The number of carbonyl (C=O) groups excluding carboxylic acids is 2. The third-order valence-electron chi connectivity index (χ3n) is 5.87. The van der Waals surface area contributed by atoms with Crippen LogP contribution in [-0.4, -0.2) is 70.2 Å². The fraction of sp³-hybridized carbons (Fsp3) is 0.391. The van der Waals surface area contributed by atoms with Crippen molar-refractivity contribution in [3.8, 4) is 5.75 Å². The average molecular weight is 523 g/mol. The van der Waals surface area contributed by atoms with Gasteiger partial charge in [0, 0.05) is 19.5 Å². The molecule has 12 heteroatoms. The first-order valence-corrected chi connectivity index (χ1v) is 14.4. The van der Waals surface area contributed by atoms with Gasteiger partial charge in [-0.05, 0) is 24.1 Å². The van der Waals surface area contributed by atoms with E-state index < -0.39 is 31.3 Å². The van der Waals surface area contributed by atoms with Crippen LogP contribution in [0.1, 0.15) is 18.4 Å². The summed E-state index contributed by atoms with van der Waals surface area (Å²) in [5, 5.41) is -1.37. The maximum absolute atomic E-state index is 13.1. The molecule has 1 amide bonds. The highest BCUT2D eigenvalue weighted by Gasteiger charge is 2.39. The highest BCUT2D eigenvalue weighted by molar-refractivity contribution is 8.06. The van der Waals surface area contributed by atoms with E-state index in [-0.39, 0.29) is 67.9 Å². The molecule has 0 aliphatic carbocycles. The number of benzene rings is 2. The van der Waals surface area contributed by atoms with Crippen LogP contribution in [0.25, 0.3) is 0 Å². The SMILES string of the molecule is O=C(CCC1CN(S(=O)(=O)C(=O)OCc2ccccc2)c2ccccc2O1)N1CCS(=O)(=O)CC1. The molecule has 2 aliphatic rings. The molecule has 2 aromatic carbocycles. The summed E-state index contributed by atoms with van der Waals surface area (Å²) in [5.41, 5.74) is 0.869. The van der Waals surface area contributed by atoms with E-state index in [0.29, 0.717) is 5.56 Å². The highest BCUT2D eigenvalue weighted by Crippen LogP contribution is 2.36. The largest absolute Gasteiger partial charge is 0.486 e. The standard InChI is InChI=1S/C23H26N2O8S2/c26-22(24-12-14-34(28,29)15-13-24)11-10-19-16-25(20-8-4-5-9-21(20)33-19)35(30,31)23(27)32-17-18-6-2-1-3-7-18/h1-9,19H,10-17H2. The zero-order chi connectivity index (χ0) is 25.1. The van der Waals surface area contributed by atoms with Gasteiger partial charge in [-0.15, -0.1) is 0 Å². The van der Waals surface area contributed by atoms with Gasteiger partial charge in [-0.1, -0.05) is 42.5 Å². The van der Waals surface area contributed by atoms with Gasteiger partial charge in [0.2, 0.25) is 5.91 Å². The maximum Gasteiger partial charge on any atom is 0.445 e. The van der Waals surface area contributed by atoms with Crippen LogP contribution in [0.2, 0.25) is 0 Å². The molecule has 0 radical (unpaired) electrons. The number of carbonyl (C=O) groups is 2. The number of para-hydroxylation sites is 2. The Kier molecular flexibility index (Phi) is 7.31. The number of hydrogen-bond donors (Lipinski definition) is 0. The zero-order valence-electron chi connectivity index (χ0n) is 18.9. The third-order valence-corrected chi connectivity index (χ3v) is 8.95. The number of fused-ring (bicyclic) bond motifs is 1. The van der Waals surface area contributed by atoms with Crippen molar-refractivity contribution >= 4 is 36.8 Å². The van der Waals surface area contributed by atoms with Crippen LogP contribution in [0, 0.1) is 0 Å². The Morgan fingerprint density at radius 3 is 2.37 bits per heavy atom. The normalized spacial score (nSPS) is 19.4. The summed E-state index contributed by atoms with van der Waals surface area (Å²) in [4.78, 5) is 26.6. The van der Waals surface area contributed by atoms with Gasteiger partial charge in [0.25, 0.3) is 0 Å². The van der Waals surface area contributed by atoms with Crippen LogP contribution in [-0.2, 0) is 36.0 Å². The van der Waals surface area contributed by atoms with Gasteiger partial charge in [-0.2, -0.15) is 8.42 Å². The first-order chi connectivity index (χ1) is 16.7. The van der Waals surface area contributed by atoms with E-state index in [1.165, 1.54) is 11.0 Å². The quantitative estimate of drug-likeness (QED) is 0.527. The fourth-order valence-electron chi connectivity index (χ4n) is 3.93. The minimum atomic E-state index is -4.52. The second-order valence-corrected chi connectivity index (χ2v) is 12.4. The van der Waals surface area contributed by atoms with Crippen molar-refractivity contribution in [1.82, 2.24) is 4.90 Å². The molecule has 0 N–H and O–H groups in total. The van der Waals surface area contributed by atoms with E-state index >= 15 is 0 Å². The number of hydrogen-bond acceptors (Lipinski definition) is 8. The van der Waals surface area contributed by atoms with Crippen LogP contribution in [0.15, 0.2) is 54.6 Å². The summed E-state index contributed by atoms with van der Waals surface area (Å²) in [6.45, 7) is -0.0671. The molecule has 188 valence electrons. The Hall–Kier alpha value is -3.12. The van der Waals surface area contributed by atoms with E-state index in [4.69, 9.17) is 9.47 Å². The van der Waals surface area contributed by atoms with E-state index in [9.17, 15) is 26.4 Å². The Labute approximate surface area is 204 Å². The van der Waals surface area contributed by atoms with Gasteiger partial charge in [0.05, 0.1) is 23.7 Å². The molecular weight excluding hydrogens is 496 g/mol. The molecule has 4 rings (SSSR count). The lowest BCUT2D eigenvalue weighted by Crippen LogP contribution is -2.47. The third kappa shape index (κ3) is 5.93. The second-order valence-electron chi connectivity index (χ2n) is 8.34. The summed E-state index contributed by atoms with van der Waals surface area (Å²) in [7, 11) is -7.63. The molecule has 2 aromatic rings. The predicted molar refractivity (Wildman–Crippen MR) is 128 cm³/mol. The van der Waals surface area contributed by atoms with E-state index in [1.54, 1.807) is 48.5 Å². The van der Waals surface area contributed by atoms with Crippen molar-refractivity contribution in [3.63, 3.8) is 0 Å². The predicted octanol–water partition coefficient (Wildman–Crippen LogP) is 1.96. The zero-order valence-corrected chi connectivity index (χ0v) is 20.5. The minimum absolute atomic E-state index is 0.0548. The van der Waals surface area contributed by atoms with Crippen LogP contribution in [0.4, 0.5) is 10.5 Å². The van der Waals surface area contributed by atoms with Crippen LogP contribution >= 0.6 is 0 Å². The van der Waals surface area contributed by atoms with Crippen LogP contribution in [0.3, 0.4) is 0 Å². The number of sulfone groups is 1. The molecule has 35 heavy (non-hydrogen) atoms. The van der Waals surface area contributed by atoms with Gasteiger partial charge in [-0.3, -0.25) is 9.10 Å². The first-order valence-electron chi connectivity index (χ1n) is 11.1. The number of nitrogens with zero attached hydrogens (tertiary/aromatic N) is 2. The Morgan fingerprint density at radius 1 is 1.00 bits per heavy atom. The molecule has 2 heterocycles. The smallest absolute Gasteiger partial charge is 0.445 e. The summed E-state index contributed by atoms with van der Waals surface area (Å²) < 4.78 is 61.4. The molecule has 0 aromatic heterocycles.